The lowest BCUT2D eigenvalue weighted by atomic mass is 9.98. The van der Waals surface area contributed by atoms with Gasteiger partial charge in [-0.25, -0.2) is 9.78 Å². The van der Waals surface area contributed by atoms with Crippen LogP contribution in [0, 0.1) is 11.3 Å². The highest BCUT2D eigenvalue weighted by atomic mass is 16.4. The summed E-state index contributed by atoms with van der Waals surface area (Å²) in [5.41, 5.74) is 5.47. The maximum Gasteiger partial charge on any atom is 0.407 e. The van der Waals surface area contributed by atoms with Gasteiger partial charge in [0.1, 0.15) is 5.65 Å². The fraction of sp³-hybridized carbons (Fsp3) is 0.150. The Labute approximate surface area is 150 Å². The van der Waals surface area contributed by atoms with Gasteiger partial charge < -0.3 is 15.0 Å². The summed E-state index contributed by atoms with van der Waals surface area (Å²) in [6.07, 6.45) is 5.47. The number of carboxylic acid groups (broad SMARTS) is 1. The number of carbonyl (C=O) groups is 1. The number of pyridine rings is 1. The Kier molecular flexibility index (Phi) is 3.90. The van der Waals surface area contributed by atoms with Crippen molar-refractivity contribution in [1.82, 2.24) is 14.9 Å². The molecular formula is C20H16N4O2. The Balaban J connectivity index is 1.74. The second-order valence-electron chi connectivity index (χ2n) is 6.22. The van der Waals surface area contributed by atoms with Crippen molar-refractivity contribution in [1.29, 1.82) is 5.26 Å². The van der Waals surface area contributed by atoms with Gasteiger partial charge in [0, 0.05) is 42.0 Å². The van der Waals surface area contributed by atoms with Gasteiger partial charge in [0.15, 0.2) is 0 Å². The predicted octanol–water partition coefficient (Wildman–Crippen LogP) is 3.87. The molecule has 2 aromatic heterocycles. The number of aromatic nitrogens is 2. The van der Waals surface area contributed by atoms with Gasteiger partial charge in [-0.2, -0.15) is 5.26 Å². The molecule has 0 saturated carbocycles. The van der Waals surface area contributed by atoms with Gasteiger partial charge in [-0.3, -0.25) is 0 Å². The van der Waals surface area contributed by atoms with E-state index in [1.165, 1.54) is 4.90 Å². The third kappa shape index (κ3) is 2.80. The smallest absolute Gasteiger partial charge is 0.407 e. The first-order chi connectivity index (χ1) is 12.7. The number of hydrogen-bond acceptors (Lipinski definition) is 3. The van der Waals surface area contributed by atoms with Crippen LogP contribution in [-0.4, -0.2) is 39.2 Å². The van der Waals surface area contributed by atoms with Crippen LogP contribution in [0.25, 0.3) is 27.7 Å². The lowest BCUT2D eigenvalue weighted by Gasteiger charge is -2.23. The van der Waals surface area contributed by atoms with Crippen molar-refractivity contribution in [3.63, 3.8) is 0 Å². The zero-order chi connectivity index (χ0) is 18.1. The third-order valence-corrected chi connectivity index (χ3v) is 4.68. The van der Waals surface area contributed by atoms with Gasteiger partial charge in [0.05, 0.1) is 11.6 Å². The molecule has 1 aromatic carbocycles. The van der Waals surface area contributed by atoms with Crippen molar-refractivity contribution in [2.45, 2.75) is 6.42 Å². The average Bonchev–Trinajstić information content (AvgIpc) is 3.11. The standard InChI is InChI=1S/C20H16N4O2/c21-10-13-2-1-3-15(8-13)16-9-17-18(12-23-19(17)22-11-16)14-4-6-24(7-5-14)20(25)26/h1-4,8-9,11-12H,5-7H2,(H,22,23)(H,25,26). The Bertz CT molecular complexity index is 1070. The van der Waals surface area contributed by atoms with Gasteiger partial charge in [0.25, 0.3) is 0 Å². The molecule has 6 nitrogen and oxygen atoms in total. The number of fused-ring (bicyclic) bond motifs is 1. The van der Waals surface area contributed by atoms with Gasteiger partial charge in [-0.1, -0.05) is 18.2 Å². The molecule has 0 aliphatic carbocycles. The zero-order valence-corrected chi connectivity index (χ0v) is 13.9. The first-order valence-electron chi connectivity index (χ1n) is 8.30. The maximum absolute atomic E-state index is 11.1. The summed E-state index contributed by atoms with van der Waals surface area (Å²) in [5, 5.41) is 19.2. The zero-order valence-electron chi connectivity index (χ0n) is 13.9. The molecule has 128 valence electrons. The first kappa shape index (κ1) is 15.9. The molecule has 0 bridgehead atoms. The fourth-order valence-corrected chi connectivity index (χ4v) is 3.28. The summed E-state index contributed by atoms with van der Waals surface area (Å²) < 4.78 is 0. The van der Waals surface area contributed by atoms with E-state index in [1.54, 1.807) is 12.3 Å². The Morgan fingerprint density at radius 3 is 2.92 bits per heavy atom. The van der Waals surface area contributed by atoms with Crippen molar-refractivity contribution in [2.24, 2.45) is 0 Å². The largest absolute Gasteiger partial charge is 0.465 e. The minimum absolute atomic E-state index is 0.397. The van der Waals surface area contributed by atoms with Crippen LogP contribution in [0.2, 0.25) is 0 Å². The molecule has 0 spiro atoms. The summed E-state index contributed by atoms with van der Waals surface area (Å²) in [5.74, 6) is 0. The summed E-state index contributed by atoms with van der Waals surface area (Å²) in [4.78, 5) is 20.2. The number of hydrogen-bond donors (Lipinski definition) is 2. The molecule has 0 unspecified atom stereocenters. The number of rotatable bonds is 2. The monoisotopic (exact) mass is 344 g/mol. The van der Waals surface area contributed by atoms with Crippen molar-refractivity contribution in [3.8, 4) is 17.2 Å². The van der Waals surface area contributed by atoms with Crippen LogP contribution < -0.4 is 0 Å². The number of benzene rings is 1. The highest BCUT2D eigenvalue weighted by Crippen LogP contribution is 2.31. The van der Waals surface area contributed by atoms with Crippen LogP contribution in [-0.2, 0) is 0 Å². The van der Waals surface area contributed by atoms with Crippen LogP contribution in [0.4, 0.5) is 4.79 Å². The van der Waals surface area contributed by atoms with Crippen LogP contribution in [0.1, 0.15) is 17.5 Å². The van der Waals surface area contributed by atoms with Crippen LogP contribution >= 0.6 is 0 Å². The van der Waals surface area contributed by atoms with E-state index >= 15 is 0 Å². The number of amides is 1. The Hall–Kier alpha value is -3.59. The highest BCUT2D eigenvalue weighted by Gasteiger charge is 2.19. The van der Waals surface area contributed by atoms with E-state index in [0.717, 1.165) is 33.3 Å². The highest BCUT2D eigenvalue weighted by molar-refractivity contribution is 5.93. The quantitative estimate of drug-likeness (QED) is 0.738. The molecule has 0 radical (unpaired) electrons. The molecule has 1 aliphatic heterocycles. The summed E-state index contributed by atoms with van der Waals surface area (Å²) in [6.45, 7) is 0.889. The lowest BCUT2D eigenvalue weighted by Crippen LogP contribution is -2.33. The number of H-pyrrole nitrogens is 1. The van der Waals surface area contributed by atoms with E-state index in [2.05, 4.69) is 22.1 Å². The lowest BCUT2D eigenvalue weighted by molar-refractivity contribution is 0.150. The van der Waals surface area contributed by atoms with E-state index < -0.39 is 6.09 Å². The van der Waals surface area contributed by atoms with E-state index in [1.807, 2.05) is 30.5 Å². The Morgan fingerprint density at radius 2 is 2.19 bits per heavy atom. The van der Waals surface area contributed by atoms with Gasteiger partial charge in [-0.05, 0) is 35.8 Å². The molecule has 1 amide bonds. The molecule has 2 N–H and O–H groups in total. The molecule has 26 heavy (non-hydrogen) atoms. The predicted molar refractivity (Wildman–Crippen MR) is 98.4 cm³/mol. The molecule has 3 aromatic rings. The fourth-order valence-electron chi connectivity index (χ4n) is 3.28. The molecule has 3 heterocycles. The molecule has 0 atom stereocenters. The summed E-state index contributed by atoms with van der Waals surface area (Å²) in [6, 6.07) is 11.7. The van der Waals surface area contributed by atoms with E-state index in [-0.39, 0.29) is 0 Å². The summed E-state index contributed by atoms with van der Waals surface area (Å²) in [7, 11) is 0. The molecule has 1 aliphatic rings. The van der Waals surface area contributed by atoms with Crippen molar-refractivity contribution in [3.05, 3.63) is 59.9 Å². The van der Waals surface area contributed by atoms with Crippen molar-refractivity contribution >= 4 is 22.7 Å². The van der Waals surface area contributed by atoms with Gasteiger partial charge >= 0.3 is 6.09 Å². The van der Waals surface area contributed by atoms with Crippen molar-refractivity contribution in [2.75, 3.05) is 13.1 Å². The summed E-state index contributed by atoms with van der Waals surface area (Å²) >= 11 is 0. The normalized spacial score (nSPS) is 14.1. The van der Waals surface area contributed by atoms with Crippen molar-refractivity contribution < 1.29 is 9.90 Å². The first-order valence-corrected chi connectivity index (χ1v) is 8.30. The molecule has 0 saturated heterocycles. The second-order valence-corrected chi connectivity index (χ2v) is 6.22. The number of nitrogens with one attached hydrogen (secondary N) is 1. The Morgan fingerprint density at radius 1 is 1.31 bits per heavy atom. The molecule has 6 heteroatoms. The minimum Gasteiger partial charge on any atom is -0.465 e. The maximum atomic E-state index is 11.1. The van der Waals surface area contributed by atoms with E-state index in [0.29, 0.717) is 25.1 Å². The van der Waals surface area contributed by atoms with Crippen LogP contribution in [0.15, 0.2) is 48.8 Å². The minimum atomic E-state index is -0.888. The molecule has 4 rings (SSSR count). The van der Waals surface area contributed by atoms with E-state index in [9.17, 15) is 4.79 Å². The molecule has 0 fully saturated rings. The topological polar surface area (TPSA) is 93.0 Å². The molecular weight excluding hydrogens is 328 g/mol. The number of aromatic amines is 1. The third-order valence-electron chi connectivity index (χ3n) is 4.68. The van der Waals surface area contributed by atoms with Crippen LogP contribution in [0.5, 0.6) is 0 Å². The number of nitrogens with zero attached hydrogens (tertiary/aromatic N) is 3. The SMILES string of the molecule is N#Cc1cccc(-c2cnc3[nH]cc(C4=CCN(C(=O)O)CC4)c3c2)c1. The van der Waals surface area contributed by atoms with E-state index in [4.69, 9.17) is 10.4 Å². The average molecular weight is 344 g/mol. The number of nitriles is 1. The van der Waals surface area contributed by atoms with Crippen LogP contribution in [0.3, 0.4) is 0 Å². The van der Waals surface area contributed by atoms with Gasteiger partial charge in [0.2, 0.25) is 0 Å². The van der Waals surface area contributed by atoms with Gasteiger partial charge in [-0.15, -0.1) is 0 Å². The second kappa shape index (κ2) is 6.37.